The fourth-order valence-corrected chi connectivity index (χ4v) is 4.08. The van der Waals surface area contributed by atoms with Crippen LogP contribution in [0, 0.1) is 0 Å². The zero-order valence-electron chi connectivity index (χ0n) is 12.4. The fraction of sp³-hybridized carbons (Fsp3) is 0.538. The lowest BCUT2D eigenvalue weighted by Crippen LogP contribution is -2.45. The first-order valence-electron chi connectivity index (χ1n) is 6.62. The van der Waals surface area contributed by atoms with Crippen molar-refractivity contribution in [2.45, 2.75) is 23.8 Å². The van der Waals surface area contributed by atoms with E-state index >= 15 is 0 Å². The zero-order valence-corrected chi connectivity index (χ0v) is 14.8. The molecule has 126 valence electrons. The van der Waals surface area contributed by atoms with E-state index in [0.717, 1.165) is 19.4 Å². The van der Waals surface area contributed by atoms with Crippen molar-refractivity contribution >= 4 is 34.0 Å². The van der Waals surface area contributed by atoms with E-state index in [1.807, 2.05) is 0 Å². The van der Waals surface area contributed by atoms with Gasteiger partial charge in [0, 0.05) is 24.7 Å². The normalized spacial score (nSPS) is 18.4. The molecule has 0 aliphatic carbocycles. The van der Waals surface area contributed by atoms with Gasteiger partial charge in [-0.2, -0.15) is 0 Å². The maximum atomic E-state index is 12.5. The summed E-state index contributed by atoms with van der Waals surface area (Å²) < 4.78 is 37.8. The number of methoxy groups -OCH3 is 2. The van der Waals surface area contributed by atoms with Gasteiger partial charge in [-0.05, 0) is 19.4 Å². The van der Waals surface area contributed by atoms with E-state index in [1.54, 1.807) is 0 Å². The van der Waals surface area contributed by atoms with Gasteiger partial charge in [-0.3, -0.25) is 0 Å². The number of hydrogen-bond acceptors (Lipinski definition) is 5. The Bertz CT molecular complexity index is 604. The lowest BCUT2D eigenvalue weighted by atomic mass is 10.1. The molecular formula is C13H20Cl2N2O4S. The Morgan fingerprint density at radius 3 is 2.45 bits per heavy atom. The Morgan fingerprint density at radius 1 is 1.27 bits per heavy atom. The molecule has 1 saturated heterocycles. The molecule has 1 aromatic rings. The molecule has 0 spiro atoms. The number of nitrogens with one attached hydrogen (secondary N) is 2. The lowest BCUT2D eigenvalue weighted by Gasteiger charge is -2.24. The molecule has 0 aromatic heterocycles. The van der Waals surface area contributed by atoms with Crippen LogP contribution >= 0.6 is 24.0 Å². The number of rotatable bonds is 5. The van der Waals surface area contributed by atoms with Crippen molar-refractivity contribution in [3.8, 4) is 11.5 Å². The van der Waals surface area contributed by atoms with Crippen molar-refractivity contribution < 1.29 is 17.9 Å². The lowest BCUT2D eigenvalue weighted by molar-refractivity contribution is 0.354. The smallest absolute Gasteiger partial charge is 0.242 e. The number of ether oxygens (including phenoxy) is 2. The molecule has 1 aliphatic rings. The van der Waals surface area contributed by atoms with Crippen LogP contribution in [0.1, 0.15) is 12.8 Å². The molecule has 1 heterocycles. The van der Waals surface area contributed by atoms with E-state index in [4.69, 9.17) is 21.1 Å². The van der Waals surface area contributed by atoms with E-state index in [1.165, 1.54) is 26.4 Å². The summed E-state index contributed by atoms with van der Waals surface area (Å²) in [4.78, 5) is -0.00705. The van der Waals surface area contributed by atoms with Crippen LogP contribution in [0.5, 0.6) is 11.5 Å². The number of halogens is 2. The topological polar surface area (TPSA) is 76.7 Å². The Morgan fingerprint density at radius 2 is 1.91 bits per heavy atom. The van der Waals surface area contributed by atoms with Gasteiger partial charge in [-0.25, -0.2) is 13.1 Å². The minimum atomic E-state index is -3.71. The molecule has 1 aliphatic heterocycles. The maximum Gasteiger partial charge on any atom is 0.242 e. The summed E-state index contributed by atoms with van der Waals surface area (Å²) in [5, 5.41) is 3.26. The Hall–Kier alpha value is -0.730. The third kappa shape index (κ3) is 4.39. The van der Waals surface area contributed by atoms with Crippen LogP contribution in [-0.4, -0.2) is 41.8 Å². The maximum absolute atomic E-state index is 12.5. The number of piperidine rings is 1. The third-order valence-electron chi connectivity index (χ3n) is 3.35. The quantitative estimate of drug-likeness (QED) is 0.826. The molecule has 1 aromatic carbocycles. The first kappa shape index (κ1) is 19.3. The average molecular weight is 371 g/mol. The van der Waals surface area contributed by atoms with Crippen LogP contribution in [0.3, 0.4) is 0 Å². The van der Waals surface area contributed by atoms with Crippen molar-refractivity contribution in [1.29, 1.82) is 0 Å². The van der Waals surface area contributed by atoms with Crippen LogP contribution in [0.2, 0.25) is 5.02 Å². The van der Waals surface area contributed by atoms with Gasteiger partial charge in [0.2, 0.25) is 10.0 Å². The highest BCUT2D eigenvalue weighted by atomic mass is 35.5. The van der Waals surface area contributed by atoms with Crippen LogP contribution in [0.25, 0.3) is 0 Å². The molecule has 0 amide bonds. The minimum Gasteiger partial charge on any atom is -0.493 e. The van der Waals surface area contributed by atoms with Gasteiger partial charge in [-0.1, -0.05) is 11.6 Å². The first-order valence-corrected chi connectivity index (χ1v) is 8.48. The fourth-order valence-electron chi connectivity index (χ4n) is 2.28. The van der Waals surface area contributed by atoms with Gasteiger partial charge in [0.1, 0.15) is 4.90 Å². The molecule has 0 saturated carbocycles. The number of sulfonamides is 1. The molecule has 1 unspecified atom stereocenters. The van der Waals surface area contributed by atoms with Gasteiger partial charge in [0.15, 0.2) is 11.5 Å². The first-order chi connectivity index (χ1) is 9.97. The van der Waals surface area contributed by atoms with E-state index in [9.17, 15) is 8.42 Å². The van der Waals surface area contributed by atoms with Crippen LogP contribution in [-0.2, 0) is 10.0 Å². The molecule has 0 bridgehead atoms. The average Bonchev–Trinajstić information content (AvgIpc) is 2.47. The van der Waals surface area contributed by atoms with Crippen LogP contribution < -0.4 is 19.5 Å². The van der Waals surface area contributed by atoms with E-state index in [-0.39, 0.29) is 28.4 Å². The van der Waals surface area contributed by atoms with Crippen molar-refractivity contribution in [2.24, 2.45) is 0 Å². The minimum absolute atomic E-state index is 0. The van der Waals surface area contributed by atoms with Crippen molar-refractivity contribution in [2.75, 3.05) is 27.3 Å². The summed E-state index contributed by atoms with van der Waals surface area (Å²) in [7, 11) is -0.794. The van der Waals surface area contributed by atoms with Crippen molar-refractivity contribution in [3.63, 3.8) is 0 Å². The zero-order chi connectivity index (χ0) is 15.5. The molecular weight excluding hydrogens is 351 g/mol. The molecule has 22 heavy (non-hydrogen) atoms. The Kier molecular flexibility index (Phi) is 7.21. The predicted molar refractivity (Wildman–Crippen MR) is 88.0 cm³/mol. The second kappa shape index (κ2) is 8.21. The van der Waals surface area contributed by atoms with Crippen LogP contribution in [0.15, 0.2) is 17.0 Å². The SMILES string of the molecule is COc1cc(Cl)c(S(=O)(=O)NC2CCCNC2)cc1OC.Cl. The Balaban J connectivity index is 0.00000242. The number of benzene rings is 1. The largest absolute Gasteiger partial charge is 0.493 e. The second-order valence-corrected chi connectivity index (χ2v) is 6.89. The molecule has 6 nitrogen and oxygen atoms in total. The standard InChI is InChI=1S/C13H19ClN2O4S.ClH/c1-19-11-6-10(14)13(7-12(11)20-2)21(17,18)16-9-4-3-5-15-8-9;/h6-7,9,15-16H,3-5,8H2,1-2H3;1H. The molecule has 2 rings (SSSR count). The summed E-state index contributed by atoms with van der Waals surface area (Å²) in [6, 6.07) is 2.68. The van der Waals surface area contributed by atoms with E-state index < -0.39 is 10.0 Å². The van der Waals surface area contributed by atoms with Crippen molar-refractivity contribution in [1.82, 2.24) is 10.0 Å². The Labute approximate surface area is 142 Å². The molecule has 2 N–H and O–H groups in total. The summed E-state index contributed by atoms with van der Waals surface area (Å²) in [6.07, 6.45) is 1.74. The summed E-state index contributed by atoms with van der Waals surface area (Å²) in [6.45, 7) is 1.53. The predicted octanol–water partition coefficient (Wildman–Crippen LogP) is 1.81. The van der Waals surface area contributed by atoms with Gasteiger partial charge in [0.05, 0.1) is 19.2 Å². The molecule has 9 heteroatoms. The van der Waals surface area contributed by atoms with E-state index in [0.29, 0.717) is 18.0 Å². The second-order valence-electron chi connectivity index (χ2n) is 4.80. The van der Waals surface area contributed by atoms with Gasteiger partial charge in [0.25, 0.3) is 0 Å². The van der Waals surface area contributed by atoms with Crippen molar-refractivity contribution in [3.05, 3.63) is 17.2 Å². The van der Waals surface area contributed by atoms with E-state index in [2.05, 4.69) is 10.0 Å². The van der Waals surface area contributed by atoms with Gasteiger partial charge >= 0.3 is 0 Å². The van der Waals surface area contributed by atoms with Crippen LogP contribution in [0.4, 0.5) is 0 Å². The highest BCUT2D eigenvalue weighted by Gasteiger charge is 2.25. The third-order valence-corrected chi connectivity index (χ3v) is 5.33. The van der Waals surface area contributed by atoms with Gasteiger partial charge in [-0.15, -0.1) is 12.4 Å². The highest BCUT2D eigenvalue weighted by molar-refractivity contribution is 7.89. The number of hydrogen-bond donors (Lipinski definition) is 2. The monoisotopic (exact) mass is 370 g/mol. The highest BCUT2D eigenvalue weighted by Crippen LogP contribution is 2.35. The summed E-state index contributed by atoms with van der Waals surface area (Å²) in [5.41, 5.74) is 0. The summed E-state index contributed by atoms with van der Waals surface area (Å²) in [5.74, 6) is 0.713. The molecule has 0 radical (unpaired) electrons. The summed E-state index contributed by atoms with van der Waals surface area (Å²) >= 11 is 6.07. The molecule has 1 fully saturated rings. The van der Waals surface area contributed by atoms with Gasteiger partial charge < -0.3 is 14.8 Å². The molecule has 1 atom stereocenters.